The molecule has 4 rings (SSSR count). The zero-order chi connectivity index (χ0) is 22.8. The molecule has 3 aromatic rings. The molecule has 2 aromatic heterocycles. The zero-order valence-corrected chi connectivity index (χ0v) is 18.5. The molecule has 168 valence electrons. The van der Waals surface area contributed by atoms with Crippen molar-refractivity contribution in [2.75, 3.05) is 20.2 Å². The van der Waals surface area contributed by atoms with Crippen LogP contribution >= 0.6 is 0 Å². The molecule has 32 heavy (non-hydrogen) atoms. The first-order chi connectivity index (χ1) is 15.4. The molecule has 0 amide bonds. The van der Waals surface area contributed by atoms with Gasteiger partial charge in [-0.15, -0.1) is 0 Å². The zero-order valence-electron chi connectivity index (χ0n) is 18.5. The monoisotopic (exact) mass is 437 g/mol. The predicted octanol–water partition coefficient (Wildman–Crippen LogP) is 2.32. The summed E-state index contributed by atoms with van der Waals surface area (Å²) >= 11 is 0. The molecule has 0 radical (unpaired) electrons. The van der Waals surface area contributed by atoms with E-state index in [1.165, 1.54) is 13.2 Å². The van der Waals surface area contributed by atoms with Gasteiger partial charge in [0.15, 0.2) is 0 Å². The van der Waals surface area contributed by atoms with Crippen LogP contribution in [-0.2, 0) is 24.2 Å². The molecule has 0 spiro atoms. The minimum atomic E-state index is -0.524. The second-order valence-corrected chi connectivity index (χ2v) is 8.22. The Balaban J connectivity index is 1.65. The van der Waals surface area contributed by atoms with E-state index in [1.807, 2.05) is 44.2 Å². The number of ether oxygens (including phenoxy) is 2. The Morgan fingerprint density at radius 1 is 1.12 bits per heavy atom. The highest BCUT2D eigenvalue weighted by Gasteiger charge is 2.26. The number of para-hydroxylation sites is 1. The third-order valence-corrected chi connectivity index (χ3v) is 5.66. The van der Waals surface area contributed by atoms with Gasteiger partial charge in [-0.2, -0.15) is 0 Å². The summed E-state index contributed by atoms with van der Waals surface area (Å²) in [7, 11) is 1.32. The standard InChI is InChI=1S/C24H27N3O5/c1-15(2)32-20-13-21(28)27-11-10-26(9-8-19(27)22(20)24(30)31-3)14-17-12-16-6-4-5-7-18(16)25-23(17)29/h4-7,12-13,15H,8-11,14H2,1-3H3,(H,25,29). The number of pyridine rings is 2. The van der Waals surface area contributed by atoms with Gasteiger partial charge in [-0.05, 0) is 31.4 Å². The summed E-state index contributed by atoms with van der Waals surface area (Å²) in [6.45, 7) is 5.70. The Kier molecular flexibility index (Phi) is 6.14. The first-order valence-corrected chi connectivity index (χ1v) is 10.7. The minimum absolute atomic E-state index is 0.120. The van der Waals surface area contributed by atoms with Gasteiger partial charge in [-0.1, -0.05) is 18.2 Å². The molecule has 0 bridgehead atoms. The van der Waals surface area contributed by atoms with Gasteiger partial charge in [-0.3, -0.25) is 14.5 Å². The van der Waals surface area contributed by atoms with Crippen molar-refractivity contribution in [3.05, 3.63) is 73.9 Å². The number of H-pyrrole nitrogens is 1. The number of benzene rings is 1. The van der Waals surface area contributed by atoms with E-state index in [0.29, 0.717) is 49.4 Å². The number of carbonyl (C=O) groups is 1. The molecule has 1 aliphatic rings. The van der Waals surface area contributed by atoms with Gasteiger partial charge in [0.1, 0.15) is 11.3 Å². The van der Waals surface area contributed by atoms with Crippen molar-refractivity contribution in [1.82, 2.24) is 14.5 Å². The highest BCUT2D eigenvalue weighted by atomic mass is 16.5. The average molecular weight is 437 g/mol. The largest absolute Gasteiger partial charge is 0.490 e. The fraction of sp³-hybridized carbons (Fsp3) is 0.375. The molecule has 0 atom stereocenters. The summed E-state index contributed by atoms with van der Waals surface area (Å²) in [5, 5.41) is 0.972. The van der Waals surface area contributed by atoms with Gasteiger partial charge in [0.2, 0.25) is 0 Å². The topological polar surface area (TPSA) is 93.6 Å². The maximum Gasteiger partial charge on any atom is 0.343 e. The molecule has 1 N–H and O–H groups in total. The molecular formula is C24H27N3O5. The van der Waals surface area contributed by atoms with Gasteiger partial charge in [-0.25, -0.2) is 4.79 Å². The van der Waals surface area contributed by atoms with Crippen LogP contribution < -0.4 is 15.9 Å². The number of aromatic nitrogens is 2. The minimum Gasteiger partial charge on any atom is -0.490 e. The fourth-order valence-corrected chi connectivity index (χ4v) is 4.17. The Hall–Kier alpha value is -3.39. The summed E-state index contributed by atoms with van der Waals surface area (Å²) in [5.74, 6) is -0.272. The van der Waals surface area contributed by atoms with Crippen LogP contribution in [0.1, 0.15) is 35.5 Å². The molecule has 1 aliphatic heterocycles. The summed E-state index contributed by atoms with van der Waals surface area (Å²) in [6.07, 6.45) is 0.267. The van der Waals surface area contributed by atoms with Crippen molar-refractivity contribution in [2.24, 2.45) is 0 Å². The molecule has 3 heterocycles. The lowest BCUT2D eigenvalue weighted by molar-refractivity contribution is 0.0591. The Morgan fingerprint density at radius 3 is 2.66 bits per heavy atom. The van der Waals surface area contributed by atoms with E-state index in [2.05, 4.69) is 9.88 Å². The Morgan fingerprint density at radius 2 is 1.91 bits per heavy atom. The van der Waals surface area contributed by atoms with E-state index < -0.39 is 5.97 Å². The van der Waals surface area contributed by atoms with E-state index in [9.17, 15) is 14.4 Å². The SMILES string of the molecule is COC(=O)c1c(OC(C)C)cc(=O)n2c1CCN(Cc1cc3ccccc3[nH]c1=O)CC2. The van der Waals surface area contributed by atoms with Crippen LogP contribution in [0.3, 0.4) is 0 Å². The van der Waals surface area contributed by atoms with Crippen LogP contribution in [0, 0.1) is 0 Å². The summed E-state index contributed by atoms with van der Waals surface area (Å²) < 4.78 is 12.4. The Labute approximate surface area is 185 Å². The van der Waals surface area contributed by atoms with Crippen LogP contribution in [0.5, 0.6) is 5.75 Å². The number of esters is 1. The lowest BCUT2D eigenvalue weighted by atomic mass is 10.1. The maximum absolute atomic E-state index is 12.8. The first kappa shape index (κ1) is 21.8. The first-order valence-electron chi connectivity index (χ1n) is 10.7. The molecule has 8 nitrogen and oxygen atoms in total. The van der Waals surface area contributed by atoms with Crippen molar-refractivity contribution in [3.8, 4) is 5.75 Å². The molecule has 8 heteroatoms. The van der Waals surface area contributed by atoms with E-state index >= 15 is 0 Å². The number of aromatic amines is 1. The molecule has 0 unspecified atom stereocenters. The van der Waals surface area contributed by atoms with Crippen molar-refractivity contribution in [1.29, 1.82) is 0 Å². The third-order valence-electron chi connectivity index (χ3n) is 5.66. The lowest BCUT2D eigenvalue weighted by Gasteiger charge is -2.19. The van der Waals surface area contributed by atoms with Gasteiger partial charge < -0.3 is 19.0 Å². The number of nitrogens with one attached hydrogen (secondary N) is 1. The van der Waals surface area contributed by atoms with Crippen molar-refractivity contribution in [3.63, 3.8) is 0 Å². The van der Waals surface area contributed by atoms with Crippen molar-refractivity contribution >= 4 is 16.9 Å². The van der Waals surface area contributed by atoms with Crippen molar-refractivity contribution < 1.29 is 14.3 Å². The average Bonchev–Trinajstić information content (AvgIpc) is 2.97. The fourth-order valence-electron chi connectivity index (χ4n) is 4.17. The van der Waals surface area contributed by atoms with Crippen molar-refractivity contribution in [2.45, 2.75) is 39.5 Å². The van der Waals surface area contributed by atoms with Crippen LogP contribution in [0.25, 0.3) is 10.9 Å². The third kappa shape index (κ3) is 4.31. The van der Waals surface area contributed by atoms with E-state index in [-0.39, 0.29) is 23.0 Å². The molecular weight excluding hydrogens is 410 g/mol. The molecule has 0 aliphatic carbocycles. The van der Waals surface area contributed by atoms with Crippen LogP contribution in [0.2, 0.25) is 0 Å². The highest BCUT2D eigenvalue weighted by molar-refractivity contribution is 5.93. The number of hydrogen-bond donors (Lipinski definition) is 1. The molecule has 1 aromatic carbocycles. The summed E-state index contributed by atoms with van der Waals surface area (Å²) in [6, 6.07) is 10.9. The molecule has 0 saturated carbocycles. The normalized spacial score (nSPS) is 14.2. The van der Waals surface area contributed by atoms with E-state index in [0.717, 1.165) is 10.9 Å². The number of hydrogen-bond acceptors (Lipinski definition) is 6. The maximum atomic E-state index is 12.8. The number of rotatable bonds is 5. The van der Waals surface area contributed by atoms with Crippen LogP contribution in [0.15, 0.2) is 46.0 Å². The molecule has 0 saturated heterocycles. The highest BCUT2D eigenvalue weighted by Crippen LogP contribution is 2.25. The number of methoxy groups -OCH3 is 1. The van der Waals surface area contributed by atoms with E-state index in [4.69, 9.17) is 9.47 Å². The lowest BCUT2D eigenvalue weighted by Crippen LogP contribution is -2.30. The van der Waals surface area contributed by atoms with Gasteiger partial charge >= 0.3 is 5.97 Å². The Bertz CT molecular complexity index is 1270. The number of carbonyl (C=O) groups excluding carboxylic acids is 1. The van der Waals surface area contributed by atoms with Crippen LogP contribution in [0.4, 0.5) is 0 Å². The van der Waals surface area contributed by atoms with Crippen LogP contribution in [-0.4, -0.2) is 46.7 Å². The number of nitrogens with zero attached hydrogens (tertiary/aromatic N) is 2. The summed E-state index contributed by atoms with van der Waals surface area (Å²) in [5.41, 5.74) is 2.04. The second kappa shape index (κ2) is 9.00. The smallest absolute Gasteiger partial charge is 0.343 e. The van der Waals surface area contributed by atoms with E-state index in [1.54, 1.807) is 4.57 Å². The van der Waals surface area contributed by atoms with Gasteiger partial charge in [0, 0.05) is 55.4 Å². The molecule has 0 fully saturated rings. The van der Waals surface area contributed by atoms with Gasteiger partial charge in [0.25, 0.3) is 11.1 Å². The predicted molar refractivity (Wildman–Crippen MR) is 121 cm³/mol. The number of fused-ring (bicyclic) bond motifs is 2. The second-order valence-electron chi connectivity index (χ2n) is 8.22. The summed E-state index contributed by atoms with van der Waals surface area (Å²) in [4.78, 5) is 43.0. The van der Waals surface area contributed by atoms with Gasteiger partial charge in [0.05, 0.1) is 13.2 Å². The quantitative estimate of drug-likeness (QED) is 0.616.